The Kier molecular flexibility index (Phi) is 20.9. The fourth-order valence-corrected chi connectivity index (χ4v) is 7.28. The summed E-state index contributed by atoms with van der Waals surface area (Å²) in [6, 6.07) is 7.19. The highest BCUT2D eigenvalue weighted by molar-refractivity contribution is 5.99. The quantitative estimate of drug-likeness (QED) is 0.0423. The Morgan fingerprint density at radius 1 is 0.696 bits per heavy atom. The van der Waals surface area contributed by atoms with Crippen LogP contribution in [0, 0.1) is 0 Å². The van der Waals surface area contributed by atoms with Crippen LogP contribution in [-0.4, -0.2) is 132 Å². The Bertz CT molecular complexity index is 2350. The molecule has 0 radical (unpaired) electrons. The molecule has 24 heteroatoms. The molecule has 10 amide bonds. The fraction of sp³-hybridized carbons (Fsp3) is 0.444. The lowest BCUT2D eigenvalue weighted by molar-refractivity contribution is -0.136. The van der Waals surface area contributed by atoms with Crippen LogP contribution >= 0.6 is 0 Å². The monoisotopic (exact) mass is 958 g/mol. The van der Waals surface area contributed by atoms with E-state index in [1.807, 2.05) is 18.2 Å². The normalized spacial score (nSPS) is 21.4. The molecule has 1 fully saturated rings. The molecule has 0 saturated carbocycles. The lowest BCUT2D eigenvalue weighted by Gasteiger charge is -2.27. The van der Waals surface area contributed by atoms with Gasteiger partial charge in [-0.05, 0) is 49.3 Å². The molecule has 1 aromatic heterocycles. The number of carbonyl (C=O) groups is 10. The molecule has 1 aliphatic heterocycles. The highest BCUT2D eigenvalue weighted by Crippen LogP contribution is 2.20. The molecule has 3 aromatic rings. The number of nitrogens with two attached hydrogens (primary N) is 3. The number of nitrogens with zero attached hydrogens (tertiary/aromatic N) is 1. The largest absolute Gasteiger partial charge is 0.370 e. The number of aliphatic imine (C=N–C) groups is 1. The lowest BCUT2D eigenvalue weighted by atomic mass is 10.0. The number of rotatable bonds is 14. The van der Waals surface area contributed by atoms with E-state index < -0.39 is 115 Å². The number of nitrogens with one attached hydrogen (secondary N) is 10. The van der Waals surface area contributed by atoms with Crippen molar-refractivity contribution < 1.29 is 47.9 Å². The minimum atomic E-state index is -1.62. The van der Waals surface area contributed by atoms with E-state index in [1.54, 1.807) is 42.6 Å². The zero-order chi connectivity index (χ0) is 50.5. The second kappa shape index (κ2) is 26.9. The predicted octanol–water partition coefficient (Wildman–Crippen LogP) is -3.64. The van der Waals surface area contributed by atoms with Crippen LogP contribution in [0.4, 0.5) is 0 Å². The summed E-state index contributed by atoms with van der Waals surface area (Å²) < 4.78 is 0. The van der Waals surface area contributed by atoms with Crippen molar-refractivity contribution in [2.45, 2.75) is 101 Å². The van der Waals surface area contributed by atoms with Crippen LogP contribution in [0.5, 0.6) is 0 Å². The molecule has 0 bridgehead atoms. The van der Waals surface area contributed by atoms with Gasteiger partial charge < -0.3 is 70.0 Å². The highest BCUT2D eigenvalue weighted by Gasteiger charge is 2.34. The van der Waals surface area contributed by atoms with Crippen LogP contribution in [0.2, 0.25) is 0 Å². The SMILES string of the molecule is CC(=O)NCC(=O)NC1CC(=O)NCCCCC(C(N)=O)NC(=O)[C@H](Cc2c[nH]c3ccccc23)NC(=O)[C@H](CCCN=C(N)N)NC(=O)C(Cc2ccccc2)NC(=O)[C@H](CNC(C)=O)NC1=O. The van der Waals surface area contributed by atoms with Crippen molar-refractivity contribution in [3.8, 4) is 0 Å². The van der Waals surface area contributed by atoms with E-state index >= 15 is 0 Å². The zero-order valence-corrected chi connectivity index (χ0v) is 38.5. The van der Waals surface area contributed by atoms with E-state index in [0.29, 0.717) is 11.1 Å². The summed E-state index contributed by atoms with van der Waals surface area (Å²) in [6.07, 6.45) is 1.43. The summed E-state index contributed by atoms with van der Waals surface area (Å²) in [4.78, 5) is 141. The Hall–Kier alpha value is -8.05. The molecule has 0 aliphatic carbocycles. The summed E-state index contributed by atoms with van der Waals surface area (Å²) in [5, 5.41) is 23.7. The van der Waals surface area contributed by atoms with E-state index in [4.69, 9.17) is 17.2 Å². The van der Waals surface area contributed by atoms with Gasteiger partial charge in [-0.1, -0.05) is 48.5 Å². The number of carbonyl (C=O) groups excluding carboxylic acids is 10. The maximum Gasteiger partial charge on any atom is 0.245 e. The van der Waals surface area contributed by atoms with Gasteiger partial charge in [-0.2, -0.15) is 0 Å². The molecular formula is C45H62N14O10. The van der Waals surface area contributed by atoms with E-state index in [0.717, 1.165) is 10.9 Å². The average molecular weight is 959 g/mol. The van der Waals surface area contributed by atoms with E-state index in [-0.39, 0.29) is 64.0 Å². The lowest BCUT2D eigenvalue weighted by Crippen LogP contribution is -2.61. The van der Waals surface area contributed by atoms with Crippen LogP contribution in [0.15, 0.2) is 65.8 Å². The number of H-pyrrole nitrogens is 1. The van der Waals surface area contributed by atoms with E-state index in [1.165, 1.54) is 13.8 Å². The highest BCUT2D eigenvalue weighted by atomic mass is 16.2. The van der Waals surface area contributed by atoms with Crippen molar-refractivity contribution in [3.05, 3.63) is 71.9 Å². The number of aromatic amines is 1. The van der Waals surface area contributed by atoms with Crippen molar-refractivity contribution in [2.75, 3.05) is 26.2 Å². The van der Waals surface area contributed by atoms with Gasteiger partial charge in [-0.15, -0.1) is 0 Å². The smallest absolute Gasteiger partial charge is 0.245 e. The number of aromatic nitrogens is 1. The molecule has 1 aliphatic rings. The number of primary amides is 1. The van der Waals surface area contributed by atoms with Crippen molar-refractivity contribution in [3.63, 3.8) is 0 Å². The van der Waals surface area contributed by atoms with Gasteiger partial charge in [0.25, 0.3) is 0 Å². The number of benzene rings is 2. The molecule has 4 rings (SSSR count). The Balaban J connectivity index is 1.77. The van der Waals surface area contributed by atoms with Gasteiger partial charge >= 0.3 is 0 Å². The number of amides is 10. The van der Waals surface area contributed by atoms with Gasteiger partial charge in [-0.3, -0.25) is 52.9 Å². The van der Waals surface area contributed by atoms with Crippen LogP contribution < -0.4 is 65.1 Å². The summed E-state index contributed by atoms with van der Waals surface area (Å²) in [5.74, 6) is -8.24. The third kappa shape index (κ3) is 18.3. The number of fused-ring (bicyclic) bond motifs is 1. The van der Waals surface area contributed by atoms with Crippen molar-refractivity contribution in [2.24, 2.45) is 22.2 Å². The van der Waals surface area contributed by atoms with Gasteiger partial charge in [0.15, 0.2) is 5.96 Å². The van der Waals surface area contributed by atoms with Gasteiger partial charge in [0.05, 0.1) is 13.0 Å². The minimum Gasteiger partial charge on any atom is -0.370 e. The molecular weight excluding hydrogens is 897 g/mol. The van der Waals surface area contributed by atoms with Crippen molar-refractivity contribution in [1.29, 1.82) is 0 Å². The van der Waals surface area contributed by atoms with Crippen molar-refractivity contribution >= 4 is 75.9 Å². The van der Waals surface area contributed by atoms with E-state index in [2.05, 4.69) is 57.8 Å². The first-order valence-electron chi connectivity index (χ1n) is 22.4. The summed E-state index contributed by atoms with van der Waals surface area (Å²) >= 11 is 0. The first-order chi connectivity index (χ1) is 32.9. The van der Waals surface area contributed by atoms with Gasteiger partial charge in [0.2, 0.25) is 59.1 Å². The molecule has 69 heavy (non-hydrogen) atoms. The van der Waals surface area contributed by atoms with E-state index in [9.17, 15) is 47.9 Å². The summed E-state index contributed by atoms with van der Waals surface area (Å²) in [6.45, 7) is 1.34. The number of para-hydroxylation sites is 1. The topological polar surface area (TPSA) is 385 Å². The molecule has 16 N–H and O–H groups in total. The van der Waals surface area contributed by atoms with Crippen LogP contribution in [0.25, 0.3) is 10.9 Å². The molecule has 3 unspecified atom stereocenters. The maximum absolute atomic E-state index is 14.5. The molecule has 24 nitrogen and oxygen atoms in total. The summed E-state index contributed by atoms with van der Waals surface area (Å²) in [7, 11) is 0. The summed E-state index contributed by atoms with van der Waals surface area (Å²) in [5.41, 5.74) is 18.8. The Morgan fingerprint density at radius 2 is 1.30 bits per heavy atom. The minimum absolute atomic E-state index is 0.0215. The molecule has 2 aromatic carbocycles. The first-order valence-corrected chi connectivity index (χ1v) is 22.4. The fourth-order valence-electron chi connectivity index (χ4n) is 7.28. The van der Waals surface area contributed by atoms with Crippen LogP contribution in [0.1, 0.15) is 63.5 Å². The second-order valence-electron chi connectivity index (χ2n) is 16.4. The van der Waals surface area contributed by atoms with Crippen molar-refractivity contribution in [1.82, 2.24) is 52.8 Å². The van der Waals surface area contributed by atoms with Crippen LogP contribution in [0.3, 0.4) is 0 Å². The number of hydrogen-bond donors (Lipinski definition) is 13. The van der Waals surface area contributed by atoms with Gasteiger partial charge in [0, 0.05) is 63.4 Å². The molecule has 2 heterocycles. The third-order valence-corrected chi connectivity index (χ3v) is 10.9. The Labute approximate surface area is 397 Å². The third-order valence-electron chi connectivity index (χ3n) is 10.9. The zero-order valence-electron chi connectivity index (χ0n) is 38.5. The molecule has 372 valence electrons. The Morgan fingerprint density at radius 3 is 1.99 bits per heavy atom. The van der Waals surface area contributed by atoms with Gasteiger partial charge in [-0.25, -0.2) is 0 Å². The maximum atomic E-state index is 14.5. The predicted molar refractivity (Wildman–Crippen MR) is 252 cm³/mol. The van der Waals surface area contributed by atoms with Gasteiger partial charge in [0.1, 0.15) is 36.3 Å². The molecule has 6 atom stereocenters. The number of guanidine groups is 1. The number of hydrogen-bond acceptors (Lipinski definition) is 11. The molecule has 1 saturated heterocycles. The van der Waals surface area contributed by atoms with Crippen LogP contribution in [-0.2, 0) is 60.8 Å². The first kappa shape index (κ1) is 53.6. The second-order valence-corrected chi connectivity index (χ2v) is 16.4. The average Bonchev–Trinajstić information content (AvgIpc) is 3.71. The standard InChI is InChI=1S/C45H62N14O10/c1-25(60)51-23-36-44(69)57-33(19-27-11-4-3-5-12-27)41(66)56-32(16-10-18-50-45(47)48)40(65)58-34(20-28-22-53-30-14-7-6-13-29(28)30)42(67)55-31(39(46)64)15-8-9-17-49-37(62)21-35(43(68)59-36)54-38(63)24-52-26(2)61/h3-7,11-14,22,31-36,53H,8-10,15-21,23-24H2,1-2H3,(H2,46,64)(H,49,62)(H,51,60)(H,52,61)(H,54,63)(H,55,67)(H,56,66)(H,57,69)(H,58,65)(H,59,68)(H4,47,48,50)/t31?,32-,33?,34-,35?,36-/m0/s1. The molecule has 0 spiro atoms.